The molecule has 0 amide bonds. The summed E-state index contributed by atoms with van der Waals surface area (Å²) >= 11 is 3.48. The van der Waals surface area contributed by atoms with Crippen LogP contribution in [0.15, 0.2) is 59.3 Å². The standard InChI is InChI=1S/C23H22F3N3S2/c24-23(25,26)18-6-4-17(5-7-18)22-11-19(22)14-29(15-22)9-2-10-30-21-28-13-20(31-21)16-3-1-8-27-12-16/h1,3-8,12-13,19H,2,9-11,14-15H2. The van der Waals surface area contributed by atoms with Crippen LogP contribution in [-0.4, -0.2) is 40.3 Å². The molecule has 162 valence electrons. The number of pyridine rings is 1. The lowest BCUT2D eigenvalue weighted by Gasteiger charge is -2.21. The minimum Gasteiger partial charge on any atom is -0.302 e. The summed E-state index contributed by atoms with van der Waals surface area (Å²) in [6.07, 6.45) is 3.43. The minimum atomic E-state index is -4.27. The molecule has 3 heterocycles. The van der Waals surface area contributed by atoms with Gasteiger partial charge in [-0.2, -0.15) is 13.2 Å². The lowest BCUT2D eigenvalue weighted by molar-refractivity contribution is -0.137. The maximum atomic E-state index is 12.8. The van der Waals surface area contributed by atoms with Crippen molar-refractivity contribution in [2.45, 2.75) is 28.8 Å². The van der Waals surface area contributed by atoms with Gasteiger partial charge in [0.1, 0.15) is 4.34 Å². The van der Waals surface area contributed by atoms with Gasteiger partial charge >= 0.3 is 6.18 Å². The van der Waals surface area contributed by atoms with Gasteiger partial charge in [0.15, 0.2) is 0 Å². The van der Waals surface area contributed by atoms with Gasteiger partial charge in [-0.1, -0.05) is 30.0 Å². The summed E-state index contributed by atoms with van der Waals surface area (Å²) < 4.78 is 39.6. The first-order valence-electron chi connectivity index (χ1n) is 10.3. The molecule has 3 aromatic rings. The molecule has 2 unspecified atom stereocenters. The Labute approximate surface area is 187 Å². The third kappa shape index (κ3) is 4.38. The minimum absolute atomic E-state index is 0.0746. The van der Waals surface area contributed by atoms with E-state index in [0.29, 0.717) is 5.92 Å². The molecule has 2 aliphatic rings. The number of hydrogen-bond acceptors (Lipinski definition) is 5. The fourth-order valence-electron chi connectivity index (χ4n) is 4.61. The number of thiazole rings is 1. The number of nitrogens with zero attached hydrogens (tertiary/aromatic N) is 3. The molecule has 31 heavy (non-hydrogen) atoms. The Bertz CT molecular complexity index is 1040. The van der Waals surface area contributed by atoms with E-state index in [1.54, 1.807) is 41.4 Å². The largest absolute Gasteiger partial charge is 0.416 e. The average molecular weight is 462 g/mol. The number of alkyl halides is 3. The van der Waals surface area contributed by atoms with Gasteiger partial charge in [0, 0.05) is 48.4 Å². The molecular weight excluding hydrogens is 439 g/mol. The van der Waals surface area contributed by atoms with Crippen LogP contribution in [0.1, 0.15) is 24.0 Å². The van der Waals surface area contributed by atoms with Crippen molar-refractivity contribution in [2.75, 3.05) is 25.4 Å². The summed E-state index contributed by atoms with van der Waals surface area (Å²) in [4.78, 5) is 12.3. The Balaban J connectivity index is 1.10. The van der Waals surface area contributed by atoms with Crippen LogP contribution in [0.3, 0.4) is 0 Å². The van der Waals surface area contributed by atoms with Gasteiger partial charge in [0.05, 0.1) is 10.4 Å². The highest BCUT2D eigenvalue weighted by atomic mass is 32.2. The van der Waals surface area contributed by atoms with Crippen molar-refractivity contribution < 1.29 is 13.2 Å². The van der Waals surface area contributed by atoms with Gasteiger partial charge in [-0.05, 0) is 49.1 Å². The predicted molar refractivity (Wildman–Crippen MR) is 118 cm³/mol. The average Bonchev–Trinajstić information content (AvgIpc) is 3.11. The molecular formula is C23H22F3N3S2. The maximum Gasteiger partial charge on any atom is 0.416 e. The van der Waals surface area contributed by atoms with Crippen LogP contribution in [0.2, 0.25) is 0 Å². The second-order valence-corrected chi connectivity index (χ2v) is 10.7. The van der Waals surface area contributed by atoms with Crippen molar-refractivity contribution in [1.82, 2.24) is 14.9 Å². The molecule has 1 saturated carbocycles. The van der Waals surface area contributed by atoms with Crippen LogP contribution in [0, 0.1) is 5.92 Å². The number of aromatic nitrogens is 2. The number of likely N-dealkylation sites (tertiary alicyclic amines) is 1. The van der Waals surface area contributed by atoms with Gasteiger partial charge in [0.2, 0.25) is 0 Å². The molecule has 0 bridgehead atoms. The zero-order valence-electron chi connectivity index (χ0n) is 16.8. The van der Waals surface area contributed by atoms with Crippen LogP contribution in [-0.2, 0) is 11.6 Å². The number of benzene rings is 1. The third-order valence-electron chi connectivity index (χ3n) is 6.28. The molecule has 5 rings (SSSR count). The van der Waals surface area contributed by atoms with Gasteiger partial charge in [-0.3, -0.25) is 4.98 Å². The van der Waals surface area contributed by atoms with Crippen molar-refractivity contribution in [3.05, 3.63) is 66.1 Å². The van der Waals surface area contributed by atoms with Crippen molar-refractivity contribution >= 4 is 23.1 Å². The lowest BCUT2D eigenvalue weighted by Crippen LogP contribution is -2.28. The highest BCUT2D eigenvalue weighted by Crippen LogP contribution is 2.59. The number of thioether (sulfide) groups is 1. The fraction of sp³-hybridized carbons (Fsp3) is 0.391. The van der Waals surface area contributed by atoms with Gasteiger partial charge in [-0.25, -0.2) is 4.98 Å². The van der Waals surface area contributed by atoms with Crippen LogP contribution in [0.5, 0.6) is 0 Å². The van der Waals surface area contributed by atoms with Gasteiger partial charge in [0.25, 0.3) is 0 Å². The quantitative estimate of drug-likeness (QED) is 0.320. The van der Waals surface area contributed by atoms with E-state index in [2.05, 4.69) is 14.9 Å². The number of hydrogen-bond donors (Lipinski definition) is 0. The van der Waals surface area contributed by atoms with Crippen molar-refractivity contribution in [3.63, 3.8) is 0 Å². The summed E-state index contributed by atoms with van der Waals surface area (Å²) in [6, 6.07) is 9.80. The molecule has 1 aliphatic heterocycles. The van der Waals surface area contributed by atoms with E-state index in [9.17, 15) is 13.2 Å². The van der Waals surface area contributed by atoms with E-state index in [1.807, 2.05) is 24.5 Å². The molecule has 0 N–H and O–H groups in total. The summed E-state index contributed by atoms with van der Waals surface area (Å²) in [5.74, 6) is 1.59. The SMILES string of the molecule is FC(F)(F)c1ccc(C23CC2CN(CCCSc2ncc(-c4cccnc4)s2)C3)cc1. The number of halogens is 3. The van der Waals surface area contributed by atoms with Crippen molar-refractivity contribution in [3.8, 4) is 10.4 Å². The summed E-state index contributed by atoms with van der Waals surface area (Å²) in [6.45, 7) is 3.02. The Kier molecular flexibility index (Phi) is 5.56. The normalized spacial score (nSPS) is 23.1. The Morgan fingerprint density at radius 1 is 1.16 bits per heavy atom. The van der Waals surface area contributed by atoms with Crippen LogP contribution < -0.4 is 0 Å². The first-order chi connectivity index (χ1) is 14.9. The molecule has 0 spiro atoms. The van der Waals surface area contributed by atoms with Gasteiger partial charge < -0.3 is 4.90 Å². The van der Waals surface area contributed by atoms with E-state index in [-0.39, 0.29) is 5.41 Å². The second kappa shape index (κ2) is 8.22. The number of rotatable bonds is 7. The molecule has 2 aromatic heterocycles. The van der Waals surface area contributed by atoms with Crippen LogP contribution >= 0.6 is 23.1 Å². The Hall–Kier alpha value is -1.90. The number of fused-ring (bicyclic) bond motifs is 1. The molecule has 3 nitrogen and oxygen atoms in total. The monoisotopic (exact) mass is 461 g/mol. The van der Waals surface area contributed by atoms with Crippen molar-refractivity contribution in [2.24, 2.45) is 5.92 Å². The third-order valence-corrected chi connectivity index (χ3v) is 8.57. The highest BCUT2D eigenvalue weighted by molar-refractivity contribution is 8.01. The van der Waals surface area contributed by atoms with Gasteiger partial charge in [-0.15, -0.1) is 11.3 Å². The lowest BCUT2D eigenvalue weighted by atomic mass is 9.94. The molecule has 2 atom stereocenters. The first-order valence-corrected chi connectivity index (χ1v) is 12.1. The summed E-state index contributed by atoms with van der Waals surface area (Å²) in [5.41, 5.74) is 1.67. The summed E-state index contributed by atoms with van der Waals surface area (Å²) in [7, 11) is 0. The van der Waals surface area contributed by atoms with E-state index < -0.39 is 11.7 Å². The topological polar surface area (TPSA) is 29.0 Å². The first kappa shape index (κ1) is 21.0. The number of piperidine rings is 1. The predicted octanol–water partition coefficient (Wildman–Crippen LogP) is 5.98. The molecule has 1 aliphatic carbocycles. The zero-order chi connectivity index (χ0) is 21.5. The Morgan fingerprint density at radius 3 is 2.74 bits per heavy atom. The summed E-state index contributed by atoms with van der Waals surface area (Å²) in [5, 5.41) is 0. The van der Waals surface area contributed by atoms with E-state index in [0.717, 1.165) is 58.6 Å². The molecule has 1 saturated heterocycles. The van der Waals surface area contributed by atoms with E-state index >= 15 is 0 Å². The van der Waals surface area contributed by atoms with E-state index in [1.165, 1.54) is 12.1 Å². The van der Waals surface area contributed by atoms with Crippen molar-refractivity contribution in [1.29, 1.82) is 0 Å². The highest BCUT2D eigenvalue weighted by Gasteiger charge is 2.60. The van der Waals surface area contributed by atoms with Crippen LogP contribution in [0.4, 0.5) is 13.2 Å². The zero-order valence-corrected chi connectivity index (χ0v) is 18.4. The molecule has 8 heteroatoms. The fourth-order valence-corrected chi connectivity index (χ4v) is 6.58. The van der Waals surface area contributed by atoms with Crippen LogP contribution in [0.25, 0.3) is 10.4 Å². The molecule has 0 radical (unpaired) electrons. The smallest absolute Gasteiger partial charge is 0.302 e. The molecule has 2 fully saturated rings. The van der Waals surface area contributed by atoms with E-state index in [4.69, 9.17) is 0 Å². The molecule has 1 aromatic carbocycles. The maximum absolute atomic E-state index is 12.8. The Morgan fingerprint density at radius 2 is 2.00 bits per heavy atom. The second-order valence-electron chi connectivity index (χ2n) is 8.30.